The van der Waals surface area contributed by atoms with Crippen LogP contribution in [-0.4, -0.2) is 20.9 Å². The molecule has 30 heavy (non-hydrogen) atoms. The van der Waals surface area contributed by atoms with Crippen molar-refractivity contribution in [3.8, 4) is 5.75 Å². The molecule has 0 aromatic heterocycles. The highest BCUT2D eigenvalue weighted by atomic mass is 35.5. The molecule has 2 N–H and O–H groups in total. The van der Waals surface area contributed by atoms with Gasteiger partial charge in [0, 0.05) is 16.4 Å². The van der Waals surface area contributed by atoms with E-state index in [0.717, 1.165) is 5.56 Å². The fourth-order valence-corrected chi connectivity index (χ4v) is 4.09. The van der Waals surface area contributed by atoms with Gasteiger partial charge in [0.15, 0.2) is 6.61 Å². The van der Waals surface area contributed by atoms with Crippen molar-refractivity contribution in [3.63, 3.8) is 0 Å². The molecule has 0 heterocycles. The number of sulfonamides is 1. The van der Waals surface area contributed by atoms with Crippen LogP contribution in [-0.2, 0) is 14.8 Å². The van der Waals surface area contributed by atoms with Crippen LogP contribution in [0, 0.1) is 6.92 Å². The summed E-state index contributed by atoms with van der Waals surface area (Å²) in [5, 5.41) is 3.39. The number of carbonyl (C=O) groups is 1. The van der Waals surface area contributed by atoms with Crippen LogP contribution in [0.25, 0.3) is 0 Å². The van der Waals surface area contributed by atoms with Gasteiger partial charge >= 0.3 is 0 Å². The maximum absolute atomic E-state index is 12.5. The minimum Gasteiger partial charge on any atom is -0.482 e. The Morgan fingerprint density at radius 1 is 0.967 bits per heavy atom. The number of ether oxygens (including phenoxy) is 1. The zero-order chi connectivity index (χ0) is 21.7. The summed E-state index contributed by atoms with van der Waals surface area (Å²) >= 11 is 11.8. The first kappa shape index (κ1) is 22.0. The number of aryl methyl sites for hydroxylation is 1. The van der Waals surface area contributed by atoms with Gasteiger partial charge < -0.3 is 10.1 Å². The molecule has 0 unspecified atom stereocenters. The van der Waals surface area contributed by atoms with Crippen LogP contribution < -0.4 is 14.8 Å². The average molecular weight is 465 g/mol. The fourth-order valence-electron chi connectivity index (χ4n) is 2.57. The first-order valence-electron chi connectivity index (χ1n) is 8.80. The van der Waals surface area contributed by atoms with Crippen molar-refractivity contribution in [1.82, 2.24) is 0 Å². The summed E-state index contributed by atoms with van der Waals surface area (Å²) < 4.78 is 32.9. The predicted molar refractivity (Wildman–Crippen MR) is 119 cm³/mol. The number of amides is 1. The topological polar surface area (TPSA) is 84.5 Å². The Morgan fingerprint density at radius 2 is 1.70 bits per heavy atom. The van der Waals surface area contributed by atoms with Gasteiger partial charge in [0.25, 0.3) is 15.9 Å². The monoisotopic (exact) mass is 464 g/mol. The first-order valence-corrected chi connectivity index (χ1v) is 11.0. The van der Waals surface area contributed by atoms with Gasteiger partial charge in [-0.2, -0.15) is 0 Å². The van der Waals surface area contributed by atoms with Gasteiger partial charge in [-0.05, 0) is 67.1 Å². The zero-order valence-corrected chi connectivity index (χ0v) is 18.2. The van der Waals surface area contributed by atoms with E-state index >= 15 is 0 Å². The largest absolute Gasteiger partial charge is 0.482 e. The Morgan fingerprint density at radius 3 is 2.37 bits per heavy atom. The maximum Gasteiger partial charge on any atom is 0.262 e. The molecule has 156 valence electrons. The number of anilines is 2. The molecule has 0 radical (unpaired) electrons. The third kappa shape index (κ3) is 5.89. The number of hydrogen-bond donors (Lipinski definition) is 2. The number of carbonyl (C=O) groups excluding carboxylic acids is 1. The van der Waals surface area contributed by atoms with E-state index in [1.54, 1.807) is 30.3 Å². The molecule has 3 aromatic carbocycles. The molecule has 3 aromatic rings. The van der Waals surface area contributed by atoms with Gasteiger partial charge in [-0.25, -0.2) is 8.42 Å². The fraction of sp³-hybridized carbons (Fsp3) is 0.0952. The van der Waals surface area contributed by atoms with Gasteiger partial charge in [0.1, 0.15) is 5.75 Å². The predicted octanol–water partition coefficient (Wildman–Crippen LogP) is 5.12. The SMILES string of the molecule is Cc1cccc(NS(=O)(=O)c2ccc(NC(=O)COc3ccc(Cl)cc3Cl)cc2)c1. The third-order valence-electron chi connectivity index (χ3n) is 3.97. The highest BCUT2D eigenvalue weighted by molar-refractivity contribution is 7.92. The molecule has 1 amide bonds. The van der Waals surface area contributed by atoms with Gasteiger partial charge in [-0.3, -0.25) is 9.52 Å². The number of rotatable bonds is 7. The molecule has 6 nitrogen and oxygen atoms in total. The first-order chi connectivity index (χ1) is 14.2. The molecule has 0 atom stereocenters. The van der Waals surface area contributed by atoms with E-state index in [0.29, 0.717) is 27.2 Å². The normalized spacial score (nSPS) is 11.0. The van der Waals surface area contributed by atoms with Crippen molar-refractivity contribution in [3.05, 3.63) is 82.3 Å². The molecular weight excluding hydrogens is 447 g/mol. The van der Waals surface area contributed by atoms with Gasteiger partial charge in [-0.1, -0.05) is 35.3 Å². The van der Waals surface area contributed by atoms with Crippen LogP contribution in [0.15, 0.2) is 71.6 Å². The zero-order valence-electron chi connectivity index (χ0n) is 15.9. The van der Waals surface area contributed by atoms with Crippen LogP contribution >= 0.6 is 23.2 Å². The van der Waals surface area contributed by atoms with Crippen molar-refractivity contribution in [2.45, 2.75) is 11.8 Å². The van der Waals surface area contributed by atoms with E-state index in [2.05, 4.69) is 10.0 Å². The van der Waals surface area contributed by atoms with E-state index in [9.17, 15) is 13.2 Å². The van der Waals surface area contributed by atoms with Crippen molar-refractivity contribution in [2.24, 2.45) is 0 Å². The minimum absolute atomic E-state index is 0.0752. The summed E-state index contributed by atoms with van der Waals surface area (Å²) in [4.78, 5) is 12.2. The second-order valence-corrected chi connectivity index (χ2v) is 8.94. The van der Waals surface area contributed by atoms with E-state index in [4.69, 9.17) is 27.9 Å². The minimum atomic E-state index is -3.74. The quantitative estimate of drug-likeness (QED) is 0.507. The standard InChI is InChI=1S/C21H18Cl2N2O4S/c1-14-3-2-4-17(11-14)25-30(27,28)18-8-6-16(7-9-18)24-21(26)13-29-20-10-5-15(22)12-19(20)23/h2-12,25H,13H2,1H3,(H,24,26). The van der Waals surface area contributed by atoms with Crippen molar-refractivity contribution < 1.29 is 17.9 Å². The Hall–Kier alpha value is -2.74. The second-order valence-electron chi connectivity index (χ2n) is 6.41. The van der Waals surface area contributed by atoms with Crippen LogP contribution in [0.1, 0.15) is 5.56 Å². The molecular formula is C21H18Cl2N2O4S. The lowest BCUT2D eigenvalue weighted by Crippen LogP contribution is -2.20. The lowest BCUT2D eigenvalue weighted by Gasteiger charge is -2.11. The molecule has 0 saturated carbocycles. The van der Waals surface area contributed by atoms with E-state index in [-0.39, 0.29) is 11.5 Å². The highest BCUT2D eigenvalue weighted by Crippen LogP contribution is 2.27. The Kier molecular flexibility index (Phi) is 6.87. The van der Waals surface area contributed by atoms with Crippen molar-refractivity contribution >= 4 is 50.5 Å². The molecule has 0 aliphatic rings. The molecule has 0 aliphatic carbocycles. The van der Waals surface area contributed by atoms with Crippen LogP contribution in [0.2, 0.25) is 10.0 Å². The molecule has 0 spiro atoms. The van der Waals surface area contributed by atoms with E-state index < -0.39 is 15.9 Å². The Bertz CT molecular complexity index is 1170. The summed E-state index contributed by atoms with van der Waals surface area (Å²) in [7, 11) is -3.74. The van der Waals surface area contributed by atoms with Gasteiger partial charge in [0.05, 0.1) is 9.92 Å². The van der Waals surface area contributed by atoms with Crippen molar-refractivity contribution in [1.29, 1.82) is 0 Å². The van der Waals surface area contributed by atoms with Gasteiger partial charge in [-0.15, -0.1) is 0 Å². The maximum atomic E-state index is 12.5. The molecule has 3 rings (SSSR count). The number of nitrogens with one attached hydrogen (secondary N) is 2. The molecule has 0 aliphatic heterocycles. The summed E-state index contributed by atoms with van der Waals surface area (Å²) in [5.74, 6) is -0.0885. The number of benzene rings is 3. The lowest BCUT2D eigenvalue weighted by molar-refractivity contribution is -0.118. The molecule has 9 heteroatoms. The number of hydrogen-bond acceptors (Lipinski definition) is 4. The third-order valence-corrected chi connectivity index (χ3v) is 5.90. The summed E-state index contributed by atoms with van der Waals surface area (Å²) in [6.45, 7) is 1.61. The average Bonchev–Trinajstić information content (AvgIpc) is 2.67. The van der Waals surface area contributed by atoms with Crippen LogP contribution in [0.3, 0.4) is 0 Å². The number of halogens is 2. The van der Waals surface area contributed by atoms with E-state index in [1.807, 2.05) is 13.0 Å². The van der Waals surface area contributed by atoms with Crippen LogP contribution in [0.5, 0.6) is 5.75 Å². The molecule has 0 bridgehead atoms. The Labute approximate surface area is 184 Å². The van der Waals surface area contributed by atoms with E-state index in [1.165, 1.54) is 30.3 Å². The lowest BCUT2D eigenvalue weighted by atomic mass is 10.2. The highest BCUT2D eigenvalue weighted by Gasteiger charge is 2.14. The smallest absolute Gasteiger partial charge is 0.262 e. The molecule has 0 saturated heterocycles. The van der Waals surface area contributed by atoms with Crippen molar-refractivity contribution in [2.75, 3.05) is 16.6 Å². The summed E-state index contributed by atoms with van der Waals surface area (Å²) in [6, 6.07) is 17.5. The summed E-state index contributed by atoms with van der Waals surface area (Å²) in [5.41, 5.74) is 1.85. The second kappa shape index (κ2) is 9.38. The Balaban J connectivity index is 1.60. The molecule has 0 fully saturated rings. The van der Waals surface area contributed by atoms with Gasteiger partial charge in [0.2, 0.25) is 0 Å². The van der Waals surface area contributed by atoms with Crippen LogP contribution in [0.4, 0.5) is 11.4 Å². The summed E-state index contributed by atoms with van der Waals surface area (Å²) in [6.07, 6.45) is 0.